The van der Waals surface area contributed by atoms with Crippen molar-refractivity contribution in [1.82, 2.24) is 4.90 Å². The summed E-state index contributed by atoms with van der Waals surface area (Å²) in [7, 11) is 0. The number of hydrogen-bond donors (Lipinski definition) is 0. The Balaban J connectivity index is 2.34. The maximum atomic E-state index is 13.3. The van der Waals surface area contributed by atoms with Crippen LogP contribution in [0.25, 0.3) is 0 Å². The molecule has 0 N–H and O–H groups in total. The standard InChI is InChI=1S/C9H9F6NO/c10-7(11)5-6(8(12,13)9(7,14)15)16-1-3-17-4-2-16/h5H,1-4H2. The summed E-state index contributed by atoms with van der Waals surface area (Å²) in [5, 5.41) is 0. The van der Waals surface area contributed by atoms with Crippen LogP contribution in [0.3, 0.4) is 0 Å². The van der Waals surface area contributed by atoms with E-state index >= 15 is 0 Å². The molecule has 2 rings (SSSR count). The minimum absolute atomic E-state index is 0.0462. The predicted molar refractivity (Wildman–Crippen MR) is 45.3 cm³/mol. The number of nitrogens with zero attached hydrogens (tertiary/aromatic N) is 1. The average Bonchev–Trinajstić information content (AvgIpc) is 2.37. The van der Waals surface area contributed by atoms with E-state index in [0.717, 1.165) is 4.90 Å². The summed E-state index contributed by atoms with van der Waals surface area (Å²) in [6.07, 6.45) is -0.335. The normalized spacial score (nSPS) is 30.2. The van der Waals surface area contributed by atoms with E-state index in [-0.39, 0.29) is 32.4 Å². The van der Waals surface area contributed by atoms with Gasteiger partial charge < -0.3 is 9.64 Å². The van der Waals surface area contributed by atoms with Crippen molar-refractivity contribution >= 4 is 0 Å². The Labute approximate surface area is 92.8 Å². The Kier molecular flexibility index (Phi) is 2.61. The molecule has 0 aromatic rings. The molecule has 0 unspecified atom stereocenters. The molecule has 1 aliphatic heterocycles. The third kappa shape index (κ3) is 1.61. The van der Waals surface area contributed by atoms with Gasteiger partial charge in [0.05, 0.1) is 18.9 Å². The maximum absolute atomic E-state index is 13.3. The molecule has 1 fully saturated rings. The first-order chi connectivity index (χ1) is 7.70. The largest absolute Gasteiger partial charge is 0.381 e. The van der Waals surface area contributed by atoms with Crippen LogP contribution in [0.15, 0.2) is 11.8 Å². The molecule has 17 heavy (non-hydrogen) atoms. The molecular weight excluding hydrogens is 252 g/mol. The van der Waals surface area contributed by atoms with Gasteiger partial charge in [-0.2, -0.15) is 26.3 Å². The fourth-order valence-electron chi connectivity index (χ4n) is 1.82. The molecule has 8 heteroatoms. The molecule has 0 spiro atoms. The molecule has 0 bridgehead atoms. The van der Waals surface area contributed by atoms with Crippen molar-refractivity contribution in [2.75, 3.05) is 26.3 Å². The summed E-state index contributed by atoms with van der Waals surface area (Å²) in [5.41, 5.74) is -1.31. The van der Waals surface area contributed by atoms with E-state index in [1.165, 1.54) is 0 Å². The number of hydrogen-bond acceptors (Lipinski definition) is 2. The summed E-state index contributed by atoms with van der Waals surface area (Å²) < 4.78 is 82.9. The topological polar surface area (TPSA) is 12.5 Å². The van der Waals surface area contributed by atoms with Crippen molar-refractivity contribution in [3.05, 3.63) is 11.8 Å². The highest BCUT2D eigenvalue weighted by Crippen LogP contribution is 2.56. The van der Waals surface area contributed by atoms with Crippen molar-refractivity contribution in [3.63, 3.8) is 0 Å². The third-order valence-corrected chi connectivity index (χ3v) is 2.80. The van der Waals surface area contributed by atoms with Crippen LogP contribution in [0.2, 0.25) is 0 Å². The molecule has 1 aliphatic carbocycles. The van der Waals surface area contributed by atoms with E-state index in [9.17, 15) is 26.3 Å². The van der Waals surface area contributed by atoms with Crippen molar-refractivity contribution < 1.29 is 31.1 Å². The lowest BCUT2D eigenvalue weighted by Crippen LogP contribution is -2.51. The maximum Gasteiger partial charge on any atom is 0.381 e. The molecule has 98 valence electrons. The quantitative estimate of drug-likeness (QED) is 0.670. The van der Waals surface area contributed by atoms with Crippen LogP contribution >= 0.6 is 0 Å². The monoisotopic (exact) mass is 261 g/mol. The first-order valence-corrected chi connectivity index (χ1v) is 4.89. The van der Waals surface area contributed by atoms with Gasteiger partial charge in [0, 0.05) is 19.2 Å². The van der Waals surface area contributed by atoms with Gasteiger partial charge in [-0.3, -0.25) is 0 Å². The number of ether oxygens (including phenoxy) is 1. The van der Waals surface area contributed by atoms with Gasteiger partial charge >= 0.3 is 17.8 Å². The highest BCUT2D eigenvalue weighted by Gasteiger charge is 2.77. The molecule has 1 saturated heterocycles. The zero-order chi connectivity index (χ0) is 12.9. The van der Waals surface area contributed by atoms with Gasteiger partial charge in [-0.25, -0.2) is 0 Å². The lowest BCUT2D eigenvalue weighted by Gasteiger charge is -2.33. The Hall–Kier alpha value is -0.920. The van der Waals surface area contributed by atoms with Gasteiger partial charge in [0.15, 0.2) is 0 Å². The van der Waals surface area contributed by atoms with Crippen LogP contribution in [-0.2, 0) is 4.74 Å². The second kappa shape index (κ2) is 3.54. The molecule has 1 heterocycles. The van der Waals surface area contributed by atoms with Gasteiger partial charge in [-0.1, -0.05) is 0 Å². The molecule has 2 aliphatic rings. The first-order valence-electron chi connectivity index (χ1n) is 4.89. The summed E-state index contributed by atoms with van der Waals surface area (Å²) in [4.78, 5) is 0.818. The summed E-state index contributed by atoms with van der Waals surface area (Å²) in [6.45, 7) is -0.115. The average molecular weight is 261 g/mol. The lowest BCUT2D eigenvalue weighted by molar-refractivity contribution is -0.266. The molecular formula is C9H9F6NO. The van der Waals surface area contributed by atoms with Gasteiger partial charge in [-0.15, -0.1) is 0 Å². The number of alkyl halides is 6. The summed E-state index contributed by atoms with van der Waals surface area (Å²) in [6, 6.07) is 0. The van der Waals surface area contributed by atoms with Crippen molar-refractivity contribution in [2.24, 2.45) is 0 Å². The Morgan fingerprint density at radius 2 is 1.53 bits per heavy atom. The van der Waals surface area contributed by atoms with Crippen molar-refractivity contribution in [1.29, 1.82) is 0 Å². The van der Waals surface area contributed by atoms with Crippen LogP contribution in [0.4, 0.5) is 26.3 Å². The number of morpholine rings is 1. The molecule has 0 aromatic carbocycles. The van der Waals surface area contributed by atoms with Crippen molar-refractivity contribution in [3.8, 4) is 0 Å². The SMILES string of the molecule is FC1(F)C=C(N2CCOCC2)C(F)(F)C1(F)F. The zero-order valence-electron chi connectivity index (χ0n) is 8.53. The van der Waals surface area contributed by atoms with Crippen LogP contribution in [0.5, 0.6) is 0 Å². The van der Waals surface area contributed by atoms with Gasteiger partial charge in [0.1, 0.15) is 0 Å². The lowest BCUT2D eigenvalue weighted by atomic mass is 10.1. The van der Waals surface area contributed by atoms with E-state index in [1.807, 2.05) is 0 Å². The van der Waals surface area contributed by atoms with Crippen LogP contribution in [0.1, 0.15) is 0 Å². The third-order valence-electron chi connectivity index (χ3n) is 2.80. The second-order valence-corrected chi connectivity index (χ2v) is 3.90. The second-order valence-electron chi connectivity index (χ2n) is 3.90. The van der Waals surface area contributed by atoms with Crippen molar-refractivity contribution in [2.45, 2.75) is 17.8 Å². The van der Waals surface area contributed by atoms with Gasteiger partial charge in [-0.05, 0) is 0 Å². The minimum atomic E-state index is -5.38. The van der Waals surface area contributed by atoms with E-state index in [4.69, 9.17) is 4.74 Å². The smallest absolute Gasteiger partial charge is 0.378 e. The molecule has 2 nitrogen and oxygen atoms in total. The Morgan fingerprint density at radius 3 is 1.94 bits per heavy atom. The van der Waals surface area contributed by atoms with Gasteiger partial charge in [0.2, 0.25) is 0 Å². The van der Waals surface area contributed by atoms with E-state index in [2.05, 4.69) is 0 Å². The van der Waals surface area contributed by atoms with E-state index in [0.29, 0.717) is 0 Å². The molecule has 0 radical (unpaired) electrons. The van der Waals surface area contributed by atoms with Gasteiger partial charge in [0.25, 0.3) is 0 Å². The Morgan fingerprint density at radius 1 is 1.00 bits per heavy atom. The summed E-state index contributed by atoms with van der Waals surface area (Å²) in [5.74, 6) is -15.1. The number of rotatable bonds is 1. The zero-order valence-corrected chi connectivity index (χ0v) is 8.53. The highest BCUT2D eigenvalue weighted by atomic mass is 19.3. The van der Waals surface area contributed by atoms with Crippen LogP contribution in [-0.4, -0.2) is 49.0 Å². The molecule has 0 saturated carbocycles. The first kappa shape index (κ1) is 12.5. The Bertz CT molecular complexity index is 347. The molecule has 0 aromatic heterocycles. The summed E-state index contributed by atoms with van der Waals surface area (Å²) >= 11 is 0. The predicted octanol–water partition coefficient (Wildman–Crippen LogP) is 2.12. The number of allylic oxidation sites excluding steroid dienone is 2. The molecule has 0 atom stereocenters. The van der Waals surface area contributed by atoms with Crippen LogP contribution in [0, 0.1) is 0 Å². The fourth-order valence-corrected chi connectivity index (χ4v) is 1.82. The molecule has 0 amide bonds. The van der Waals surface area contributed by atoms with E-state index in [1.54, 1.807) is 0 Å². The minimum Gasteiger partial charge on any atom is -0.378 e. The fraction of sp³-hybridized carbons (Fsp3) is 0.778. The van der Waals surface area contributed by atoms with E-state index < -0.39 is 23.5 Å². The number of halogens is 6. The highest BCUT2D eigenvalue weighted by molar-refractivity contribution is 5.32. The van der Waals surface area contributed by atoms with Crippen LogP contribution < -0.4 is 0 Å².